The molecule has 0 aliphatic rings. The second-order valence-electron chi connectivity index (χ2n) is 5.34. The highest BCUT2D eigenvalue weighted by molar-refractivity contribution is 5.77. The topological polar surface area (TPSA) is 50.1 Å². The van der Waals surface area contributed by atoms with Gasteiger partial charge in [-0.1, -0.05) is 19.9 Å². The number of aliphatic hydroxyl groups is 1. The van der Waals surface area contributed by atoms with Crippen molar-refractivity contribution in [2.24, 2.45) is 7.05 Å². The molecule has 0 fully saturated rings. The molecule has 0 spiro atoms. The zero-order valence-corrected chi connectivity index (χ0v) is 12.1. The van der Waals surface area contributed by atoms with E-state index in [2.05, 4.69) is 28.7 Å². The summed E-state index contributed by atoms with van der Waals surface area (Å²) < 4.78 is 2.13. The van der Waals surface area contributed by atoms with Crippen molar-refractivity contribution in [3.8, 4) is 0 Å². The summed E-state index contributed by atoms with van der Waals surface area (Å²) in [6, 6.07) is 6.04. The van der Waals surface area contributed by atoms with Crippen molar-refractivity contribution < 1.29 is 5.11 Å². The Morgan fingerprint density at radius 3 is 2.74 bits per heavy atom. The predicted molar refractivity (Wildman–Crippen MR) is 78.3 cm³/mol. The standard InChI is InChI=1S/C15H23N3O/c1-10(2)15-17-12-9-11(14(19)7-8-16-3)5-6-13(12)18(15)4/h5-6,9-10,14,16,19H,7-8H2,1-4H3. The van der Waals surface area contributed by atoms with E-state index < -0.39 is 6.10 Å². The summed E-state index contributed by atoms with van der Waals surface area (Å²) in [5.74, 6) is 1.48. The van der Waals surface area contributed by atoms with Gasteiger partial charge in [-0.15, -0.1) is 0 Å². The third-order valence-corrected chi connectivity index (χ3v) is 3.51. The monoisotopic (exact) mass is 261 g/mol. The largest absolute Gasteiger partial charge is 0.388 e. The molecular weight excluding hydrogens is 238 g/mol. The van der Waals surface area contributed by atoms with Crippen molar-refractivity contribution in [2.75, 3.05) is 13.6 Å². The third kappa shape index (κ3) is 2.80. The lowest BCUT2D eigenvalue weighted by atomic mass is 10.1. The van der Waals surface area contributed by atoms with Crippen LogP contribution in [0.25, 0.3) is 11.0 Å². The SMILES string of the molecule is CNCCC(O)c1ccc2c(c1)nc(C(C)C)n2C. The summed E-state index contributed by atoms with van der Waals surface area (Å²) in [4.78, 5) is 4.67. The van der Waals surface area contributed by atoms with Crippen LogP contribution in [0.3, 0.4) is 0 Å². The molecule has 1 atom stereocenters. The molecule has 0 aliphatic carbocycles. The molecule has 0 bridgehead atoms. The summed E-state index contributed by atoms with van der Waals surface area (Å²) in [5, 5.41) is 13.2. The van der Waals surface area contributed by atoms with Crippen molar-refractivity contribution in [1.29, 1.82) is 0 Å². The maximum atomic E-state index is 10.1. The van der Waals surface area contributed by atoms with E-state index in [1.54, 1.807) is 0 Å². The normalized spacial score (nSPS) is 13.4. The van der Waals surface area contributed by atoms with Crippen LogP contribution in [0.2, 0.25) is 0 Å². The Morgan fingerprint density at radius 2 is 2.11 bits per heavy atom. The first-order chi connectivity index (χ1) is 9.04. The minimum Gasteiger partial charge on any atom is -0.388 e. The maximum Gasteiger partial charge on any atom is 0.112 e. The van der Waals surface area contributed by atoms with E-state index >= 15 is 0 Å². The highest BCUT2D eigenvalue weighted by Crippen LogP contribution is 2.24. The van der Waals surface area contributed by atoms with Crippen LogP contribution in [0.15, 0.2) is 18.2 Å². The van der Waals surface area contributed by atoms with Crippen LogP contribution in [-0.4, -0.2) is 28.3 Å². The molecule has 2 N–H and O–H groups in total. The molecule has 0 radical (unpaired) electrons. The molecule has 1 heterocycles. The van der Waals surface area contributed by atoms with Crippen LogP contribution in [0.5, 0.6) is 0 Å². The van der Waals surface area contributed by atoms with Crippen molar-refractivity contribution in [1.82, 2.24) is 14.9 Å². The average molecular weight is 261 g/mol. The average Bonchev–Trinajstić information content (AvgIpc) is 2.73. The molecule has 1 aromatic carbocycles. The molecule has 1 aromatic heterocycles. The van der Waals surface area contributed by atoms with Crippen LogP contribution in [-0.2, 0) is 7.05 Å². The molecule has 0 amide bonds. The number of nitrogens with one attached hydrogen (secondary N) is 1. The molecule has 4 nitrogen and oxygen atoms in total. The Labute approximate surface area is 114 Å². The Kier molecular flexibility index (Phi) is 4.22. The number of rotatable bonds is 5. The number of imidazole rings is 1. The fourth-order valence-electron chi connectivity index (χ4n) is 2.41. The van der Waals surface area contributed by atoms with Gasteiger partial charge in [0, 0.05) is 13.0 Å². The first-order valence-corrected chi connectivity index (χ1v) is 6.83. The van der Waals surface area contributed by atoms with Gasteiger partial charge in [0.1, 0.15) is 5.82 Å². The number of aliphatic hydroxyl groups excluding tert-OH is 1. The van der Waals surface area contributed by atoms with E-state index in [-0.39, 0.29) is 0 Å². The van der Waals surface area contributed by atoms with E-state index in [9.17, 15) is 5.11 Å². The summed E-state index contributed by atoms with van der Waals surface area (Å²) in [5.41, 5.74) is 3.02. The maximum absolute atomic E-state index is 10.1. The lowest BCUT2D eigenvalue weighted by Crippen LogP contribution is -2.11. The number of fused-ring (bicyclic) bond motifs is 1. The lowest BCUT2D eigenvalue weighted by Gasteiger charge is -2.10. The summed E-state index contributed by atoms with van der Waals surface area (Å²) >= 11 is 0. The van der Waals surface area contributed by atoms with Gasteiger partial charge in [0.2, 0.25) is 0 Å². The number of aryl methyl sites for hydroxylation is 1. The Balaban J connectivity index is 2.35. The minimum atomic E-state index is -0.429. The van der Waals surface area contributed by atoms with E-state index in [0.717, 1.165) is 29.0 Å². The third-order valence-electron chi connectivity index (χ3n) is 3.51. The Hall–Kier alpha value is -1.39. The lowest BCUT2D eigenvalue weighted by molar-refractivity contribution is 0.168. The van der Waals surface area contributed by atoms with Gasteiger partial charge in [-0.2, -0.15) is 0 Å². The summed E-state index contributed by atoms with van der Waals surface area (Å²) in [7, 11) is 3.94. The van der Waals surface area contributed by atoms with Gasteiger partial charge < -0.3 is 15.0 Å². The van der Waals surface area contributed by atoms with Crippen molar-refractivity contribution >= 4 is 11.0 Å². The van der Waals surface area contributed by atoms with E-state index in [4.69, 9.17) is 0 Å². The number of hydrogen-bond donors (Lipinski definition) is 2. The first-order valence-electron chi connectivity index (χ1n) is 6.83. The van der Waals surface area contributed by atoms with Crippen molar-refractivity contribution in [2.45, 2.75) is 32.3 Å². The van der Waals surface area contributed by atoms with Crippen LogP contribution in [0, 0.1) is 0 Å². The number of hydrogen-bond acceptors (Lipinski definition) is 3. The van der Waals surface area contributed by atoms with Gasteiger partial charge in [-0.3, -0.25) is 0 Å². The highest BCUT2D eigenvalue weighted by Gasteiger charge is 2.13. The molecule has 104 valence electrons. The van der Waals surface area contributed by atoms with Crippen LogP contribution in [0.1, 0.15) is 43.7 Å². The second kappa shape index (κ2) is 5.72. The zero-order chi connectivity index (χ0) is 14.0. The van der Waals surface area contributed by atoms with Crippen LogP contribution in [0.4, 0.5) is 0 Å². The molecule has 4 heteroatoms. The fraction of sp³-hybridized carbons (Fsp3) is 0.533. The van der Waals surface area contributed by atoms with Gasteiger partial charge in [-0.25, -0.2) is 4.98 Å². The molecule has 0 saturated carbocycles. The van der Waals surface area contributed by atoms with Crippen LogP contribution >= 0.6 is 0 Å². The molecule has 0 saturated heterocycles. The van der Waals surface area contributed by atoms with Gasteiger partial charge in [0.05, 0.1) is 17.1 Å². The van der Waals surface area contributed by atoms with E-state index in [0.29, 0.717) is 12.3 Å². The molecule has 1 unspecified atom stereocenters. The highest BCUT2D eigenvalue weighted by atomic mass is 16.3. The molecule has 0 aliphatic heterocycles. The van der Waals surface area contributed by atoms with E-state index in [1.165, 1.54) is 0 Å². The minimum absolute atomic E-state index is 0.398. The van der Waals surface area contributed by atoms with Crippen LogP contribution < -0.4 is 5.32 Å². The zero-order valence-electron chi connectivity index (χ0n) is 12.1. The van der Waals surface area contributed by atoms with Gasteiger partial charge in [0.15, 0.2) is 0 Å². The van der Waals surface area contributed by atoms with E-state index in [1.807, 2.05) is 32.3 Å². The predicted octanol–water partition coefficient (Wildman–Crippen LogP) is 2.34. The Morgan fingerprint density at radius 1 is 1.37 bits per heavy atom. The Bertz CT molecular complexity index is 560. The van der Waals surface area contributed by atoms with Crippen molar-refractivity contribution in [3.05, 3.63) is 29.6 Å². The van der Waals surface area contributed by atoms with Gasteiger partial charge in [-0.05, 0) is 37.7 Å². The second-order valence-corrected chi connectivity index (χ2v) is 5.34. The number of aromatic nitrogens is 2. The van der Waals surface area contributed by atoms with Crippen molar-refractivity contribution in [3.63, 3.8) is 0 Å². The molecule has 19 heavy (non-hydrogen) atoms. The van der Waals surface area contributed by atoms with Gasteiger partial charge >= 0.3 is 0 Å². The molecule has 2 aromatic rings. The smallest absolute Gasteiger partial charge is 0.112 e. The molecule has 2 rings (SSSR count). The fourth-order valence-corrected chi connectivity index (χ4v) is 2.41. The summed E-state index contributed by atoms with van der Waals surface area (Å²) in [6.07, 6.45) is 0.285. The first kappa shape index (κ1) is 14.0. The number of benzene rings is 1. The van der Waals surface area contributed by atoms with Gasteiger partial charge in [0.25, 0.3) is 0 Å². The molecular formula is C15H23N3O. The quantitative estimate of drug-likeness (QED) is 0.868. The number of nitrogens with zero attached hydrogens (tertiary/aromatic N) is 2. The summed E-state index contributed by atoms with van der Waals surface area (Å²) in [6.45, 7) is 5.09.